The third-order valence-corrected chi connectivity index (χ3v) is 1.51. The fraction of sp³-hybridized carbons (Fsp3) is 0.750. The molecule has 0 aromatic heterocycles. The van der Waals surface area contributed by atoms with Crippen molar-refractivity contribution in [3.8, 4) is 0 Å². The lowest BCUT2D eigenvalue weighted by molar-refractivity contribution is -0.111. The van der Waals surface area contributed by atoms with Crippen molar-refractivity contribution in [2.75, 3.05) is 0 Å². The molecule has 0 saturated carbocycles. The first kappa shape index (κ1) is 9.34. The lowest BCUT2D eigenvalue weighted by atomic mass is 10.2. The predicted octanol–water partition coefficient (Wildman–Crippen LogP) is 1.83. The fourth-order valence-electron chi connectivity index (χ4n) is 0.513. The molecule has 0 heterocycles. The molecule has 0 aliphatic rings. The minimum Gasteiger partial charge on any atom is -0.293 e. The van der Waals surface area contributed by atoms with E-state index in [1.807, 2.05) is 6.92 Å². The molecule has 0 aliphatic heterocycles. The number of hydrogen-bond donors (Lipinski definition) is 0. The lowest BCUT2D eigenvalue weighted by Crippen LogP contribution is -2.08. The first-order chi connectivity index (χ1) is 4.57. The molecule has 0 bridgehead atoms. The van der Waals surface area contributed by atoms with Gasteiger partial charge in [-0.25, -0.2) is 0 Å². The second kappa shape index (κ2) is 4.20. The number of rotatable bonds is 3. The molecule has 2 heteroatoms. The summed E-state index contributed by atoms with van der Waals surface area (Å²) < 4.78 is 0. The Morgan fingerprint density at radius 2 is 2.00 bits per heavy atom. The Morgan fingerprint density at radius 1 is 1.50 bits per heavy atom. The Kier molecular flexibility index (Phi) is 3.93. The van der Waals surface area contributed by atoms with Crippen molar-refractivity contribution in [2.24, 2.45) is 4.99 Å². The summed E-state index contributed by atoms with van der Waals surface area (Å²) in [4.78, 5) is 14.8. The minimum atomic E-state index is 0.0697. The van der Waals surface area contributed by atoms with Gasteiger partial charge in [0.1, 0.15) is 0 Å². The van der Waals surface area contributed by atoms with Crippen LogP contribution in [0.25, 0.3) is 0 Å². The number of carbonyl (C=O) groups is 1. The number of ketones is 1. The van der Waals surface area contributed by atoms with Crippen LogP contribution >= 0.6 is 0 Å². The number of Topliss-reactive ketones (excluding diaryl/α,β-unsaturated/α-hetero) is 1. The van der Waals surface area contributed by atoms with Crippen molar-refractivity contribution < 1.29 is 4.79 Å². The van der Waals surface area contributed by atoms with Crippen LogP contribution in [-0.2, 0) is 4.79 Å². The molecule has 1 atom stereocenters. The average molecular weight is 141 g/mol. The van der Waals surface area contributed by atoms with Crippen LogP contribution in [-0.4, -0.2) is 17.5 Å². The summed E-state index contributed by atoms with van der Waals surface area (Å²) in [6.45, 7) is 7.36. The smallest absolute Gasteiger partial charge is 0.173 e. The Hall–Kier alpha value is -0.660. The van der Waals surface area contributed by atoms with E-state index in [9.17, 15) is 4.79 Å². The van der Waals surface area contributed by atoms with Crippen LogP contribution in [0.3, 0.4) is 0 Å². The van der Waals surface area contributed by atoms with Gasteiger partial charge in [0, 0.05) is 13.0 Å². The molecule has 0 spiro atoms. The van der Waals surface area contributed by atoms with Gasteiger partial charge in [0.25, 0.3) is 0 Å². The fourth-order valence-corrected chi connectivity index (χ4v) is 0.513. The van der Waals surface area contributed by atoms with Gasteiger partial charge in [0.15, 0.2) is 5.78 Å². The molecule has 0 aliphatic carbocycles. The van der Waals surface area contributed by atoms with Crippen molar-refractivity contribution in [1.82, 2.24) is 0 Å². The van der Waals surface area contributed by atoms with E-state index in [1.165, 1.54) is 0 Å². The van der Waals surface area contributed by atoms with Crippen LogP contribution in [0, 0.1) is 0 Å². The summed E-state index contributed by atoms with van der Waals surface area (Å²) in [5.41, 5.74) is 0.634. The summed E-state index contributed by atoms with van der Waals surface area (Å²) in [7, 11) is 0. The maximum Gasteiger partial charge on any atom is 0.173 e. The Balaban J connectivity index is 4.02. The topological polar surface area (TPSA) is 29.4 Å². The van der Waals surface area contributed by atoms with Gasteiger partial charge in [-0.2, -0.15) is 0 Å². The third kappa shape index (κ3) is 3.38. The summed E-state index contributed by atoms with van der Waals surface area (Å²) >= 11 is 0. The van der Waals surface area contributed by atoms with Crippen molar-refractivity contribution in [3.05, 3.63) is 0 Å². The zero-order chi connectivity index (χ0) is 8.15. The summed E-state index contributed by atoms with van der Waals surface area (Å²) in [6, 6.07) is 0.281. The highest BCUT2D eigenvalue weighted by Gasteiger charge is 1.99. The molecule has 0 aromatic rings. The molecule has 0 amide bonds. The zero-order valence-electron chi connectivity index (χ0n) is 7.14. The summed E-state index contributed by atoms with van der Waals surface area (Å²) in [5.74, 6) is 0.0697. The van der Waals surface area contributed by atoms with E-state index in [-0.39, 0.29) is 11.8 Å². The van der Waals surface area contributed by atoms with Gasteiger partial charge in [-0.1, -0.05) is 6.92 Å². The third-order valence-electron chi connectivity index (χ3n) is 1.51. The van der Waals surface area contributed by atoms with Gasteiger partial charge in [0.05, 0.1) is 5.71 Å². The molecule has 0 rings (SSSR count). The van der Waals surface area contributed by atoms with Crippen molar-refractivity contribution in [2.45, 2.75) is 40.2 Å². The summed E-state index contributed by atoms with van der Waals surface area (Å²) in [5, 5.41) is 0. The predicted molar refractivity (Wildman–Crippen MR) is 43.5 cm³/mol. The van der Waals surface area contributed by atoms with E-state index in [0.717, 1.165) is 6.42 Å². The Bertz CT molecular complexity index is 149. The van der Waals surface area contributed by atoms with Crippen LogP contribution in [0.2, 0.25) is 0 Å². The molecule has 10 heavy (non-hydrogen) atoms. The van der Waals surface area contributed by atoms with Crippen LogP contribution in [0.5, 0.6) is 0 Å². The van der Waals surface area contributed by atoms with Crippen LogP contribution < -0.4 is 0 Å². The maximum absolute atomic E-state index is 10.7. The largest absolute Gasteiger partial charge is 0.293 e. The van der Waals surface area contributed by atoms with E-state index in [0.29, 0.717) is 5.71 Å². The molecule has 1 unspecified atom stereocenters. The van der Waals surface area contributed by atoms with E-state index in [2.05, 4.69) is 11.9 Å². The van der Waals surface area contributed by atoms with Gasteiger partial charge in [0.2, 0.25) is 0 Å². The first-order valence-electron chi connectivity index (χ1n) is 3.63. The van der Waals surface area contributed by atoms with Crippen LogP contribution in [0.4, 0.5) is 0 Å². The number of nitrogens with zero attached hydrogens (tertiary/aromatic N) is 1. The molecular weight excluding hydrogens is 126 g/mol. The minimum absolute atomic E-state index is 0.0697. The van der Waals surface area contributed by atoms with Gasteiger partial charge in [-0.15, -0.1) is 0 Å². The van der Waals surface area contributed by atoms with E-state index < -0.39 is 0 Å². The van der Waals surface area contributed by atoms with E-state index >= 15 is 0 Å². The first-order valence-corrected chi connectivity index (χ1v) is 3.63. The normalized spacial score (nSPS) is 15.0. The number of aliphatic imine (C=N–C) groups is 1. The zero-order valence-corrected chi connectivity index (χ0v) is 7.14. The van der Waals surface area contributed by atoms with E-state index in [1.54, 1.807) is 13.8 Å². The second-order valence-electron chi connectivity index (χ2n) is 2.53. The average Bonchev–Trinajstić information content (AvgIpc) is 1.87. The highest BCUT2D eigenvalue weighted by molar-refractivity contribution is 6.38. The van der Waals surface area contributed by atoms with Gasteiger partial charge in [-0.3, -0.25) is 9.79 Å². The summed E-state index contributed by atoms with van der Waals surface area (Å²) in [6.07, 6.45) is 0.991. The van der Waals surface area contributed by atoms with Crippen molar-refractivity contribution >= 4 is 11.5 Å². The highest BCUT2D eigenvalue weighted by Crippen LogP contribution is 1.95. The quantitative estimate of drug-likeness (QED) is 0.551. The van der Waals surface area contributed by atoms with Gasteiger partial charge < -0.3 is 0 Å². The SMILES string of the molecule is CCC(C)/N=C(/C)C(C)=O. The molecule has 0 radical (unpaired) electrons. The van der Waals surface area contributed by atoms with E-state index in [4.69, 9.17) is 0 Å². The maximum atomic E-state index is 10.7. The molecule has 0 N–H and O–H groups in total. The Morgan fingerprint density at radius 3 is 2.30 bits per heavy atom. The molecule has 58 valence electrons. The second-order valence-corrected chi connectivity index (χ2v) is 2.53. The van der Waals surface area contributed by atoms with Crippen LogP contribution in [0.15, 0.2) is 4.99 Å². The van der Waals surface area contributed by atoms with Gasteiger partial charge in [-0.05, 0) is 20.3 Å². The van der Waals surface area contributed by atoms with Gasteiger partial charge >= 0.3 is 0 Å². The molecule has 0 aromatic carbocycles. The lowest BCUT2D eigenvalue weighted by Gasteiger charge is -2.01. The van der Waals surface area contributed by atoms with Crippen molar-refractivity contribution in [3.63, 3.8) is 0 Å². The molecule has 2 nitrogen and oxygen atoms in total. The highest BCUT2D eigenvalue weighted by atomic mass is 16.1. The van der Waals surface area contributed by atoms with Crippen molar-refractivity contribution in [1.29, 1.82) is 0 Å². The van der Waals surface area contributed by atoms with Crippen LogP contribution in [0.1, 0.15) is 34.1 Å². The number of carbonyl (C=O) groups excluding carboxylic acids is 1. The molecular formula is C8H15NO. The Labute approximate surface area is 62.4 Å². The monoisotopic (exact) mass is 141 g/mol. The standard InChI is InChI=1S/C8H15NO/c1-5-6(2)9-7(3)8(4)10/h6H,5H2,1-4H3/b9-7-. The molecule has 0 fully saturated rings. The molecule has 0 saturated heterocycles. The number of hydrogen-bond acceptors (Lipinski definition) is 2.